The molecule has 0 radical (unpaired) electrons. The molecule has 3 heteroatoms. The molecule has 1 aromatic heterocycles. The molecule has 1 heterocycles. The van der Waals surface area contributed by atoms with Crippen LogP contribution < -0.4 is 5.32 Å². The number of rotatable bonds is 7. The van der Waals surface area contributed by atoms with Crippen molar-refractivity contribution in [3.63, 3.8) is 0 Å². The van der Waals surface area contributed by atoms with E-state index in [0.717, 1.165) is 37.6 Å². The average molecular weight is 283 g/mol. The first-order chi connectivity index (χ1) is 10.2. The van der Waals surface area contributed by atoms with Gasteiger partial charge in [-0.05, 0) is 44.2 Å². The molecule has 0 atom stereocenters. The topological polar surface area (TPSA) is 28.2 Å². The standard InChI is InChI=1S/C18H25N3/c1-4-21(14-17-10-7-9-16(3)20-17)13-12-19-18-11-6-5-8-15(18)2/h5-11,19H,4,12-14H2,1-3H3. The van der Waals surface area contributed by atoms with Crippen molar-refractivity contribution >= 4 is 5.69 Å². The molecule has 1 aromatic carbocycles. The maximum absolute atomic E-state index is 4.58. The lowest BCUT2D eigenvalue weighted by molar-refractivity contribution is 0.287. The number of likely N-dealkylation sites (N-methyl/N-ethyl adjacent to an activating group) is 1. The molecule has 0 spiro atoms. The molecular formula is C18H25N3. The first-order valence-electron chi connectivity index (χ1n) is 7.63. The quantitative estimate of drug-likeness (QED) is 0.841. The first-order valence-corrected chi connectivity index (χ1v) is 7.63. The number of anilines is 1. The summed E-state index contributed by atoms with van der Waals surface area (Å²) in [6.45, 7) is 10.3. The Bertz CT molecular complexity index is 566. The van der Waals surface area contributed by atoms with E-state index in [0.29, 0.717) is 0 Å². The van der Waals surface area contributed by atoms with Crippen LogP contribution in [0.1, 0.15) is 23.9 Å². The highest BCUT2D eigenvalue weighted by atomic mass is 15.1. The molecule has 0 saturated carbocycles. The summed E-state index contributed by atoms with van der Waals surface area (Å²) >= 11 is 0. The van der Waals surface area contributed by atoms with E-state index in [2.05, 4.69) is 65.4 Å². The van der Waals surface area contributed by atoms with Crippen LogP contribution in [-0.2, 0) is 6.54 Å². The second-order valence-electron chi connectivity index (χ2n) is 5.38. The average Bonchev–Trinajstić information content (AvgIpc) is 2.48. The van der Waals surface area contributed by atoms with Crippen LogP contribution in [0.2, 0.25) is 0 Å². The van der Waals surface area contributed by atoms with Crippen LogP contribution in [0.3, 0.4) is 0 Å². The summed E-state index contributed by atoms with van der Waals surface area (Å²) in [5, 5.41) is 3.51. The third-order valence-electron chi connectivity index (χ3n) is 3.67. The van der Waals surface area contributed by atoms with Crippen LogP contribution in [0.25, 0.3) is 0 Å². The number of aromatic nitrogens is 1. The van der Waals surface area contributed by atoms with Crippen LogP contribution in [0.5, 0.6) is 0 Å². The van der Waals surface area contributed by atoms with E-state index < -0.39 is 0 Å². The molecular weight excluding hydrogens is 258 g/mol. The lowest BCUT2D eigenvalue weighted by Gasteiger charge is -2.21. The van der Waals surface area contributed by atoms with E-state index in [9.17, 15) is 0 Å². The molecule has 2 rings (SSSR count). The Hall–Kier alpha value is -1.87. The third kappa shape index (κ3) is 4.87. The number of nitrogens with zero attached hydrogens (tertiary/aromatic N) is 2. The van der Waals surface area contributed by atoms with E-state index in [-0.39, 0.29) is 0 Å². The SMILES string of the molecule is CCN(CCNc1ccccc1C)Cc1cccc(C)n1. The second kappa shape index (κ2) is 7.79. The zero-order chi connectivity index (χ0) is 15.1. The molecule has 1 N–H and O–H groups in total. The molecule has 0 aliphatic carbocycles. The molecule has 0 fully saturated rings. The lowest BCUT2D eigenvalue weighted by Crippen LogP contribution is -2.29. The molecule has 0 bridgehead atoms. The van der Waals surface area contributed by atoms with E-state index >= 15 is 0 Å². The van der Waals surface area contributed by atoms with E-state index in [1.165, 1.54) is 11.3 Å². The van der Waals surface area contributed by atoms with Crippen molar-refractivity contribution in [2.24, 2.45) is 0 Å². The molecule has 0 aliphatic heterocycles. The molecule has 0 unspecified atom stereocenters. The highest BCUT2D eigenvalue weighted by molar-refractivity contribution is 5.50. The summed E-state index contributed by atoms with van der Waals surface area (Å²) in [5.74, 6) is 0. The summed E-state index contributed by atoms with van der Waals surface area (Å²) in [7, 11) is 0. The van der Waals surface area contributed by atoms with Gasteiger partial charge in [0.2, 0.25) is 0 Å². The van der Waals surface area contributed by atoms with Crippen molar-refractivity contribution in [2.75, 3.05) is 25.0 Å². The number of hydrogen-bond donors (Lipinski definition) is 1. The summed E-state index contributed by atoms with van der Waals surface area (Å²) in [6, 6.07) is 14.6. The molecule has 0 amide bonds. The number of pyridine rings is 1. The van der Waals surface area contributed by atoms with Gasteiger partial charge in [0.1, 0.15) is 0 Å². The van der Waals surface area contributed by atoms with Crippen LogP contribution >= 0.6 is 0 Å². The Morgan fingerprint density at radius 1 is 1.05 bits per heavy atom. The van der Waals surface area contributed by atoms with Gasteiger partial charge in [0.05, 0.1) is 5.69 Å². The van der Waals surface area contributed by atoms with Crippen molar-refractivity contribution in [1.82, 2.24) is 9.88 Å². The fourth-order valence-corrected chi connectivity index (χ4v) is 2.39. The Morgan fingerprint density at radius 2 is 1.86 bits per heavy atom. The van der Waals surface area contributed by atoms with Gasteiger partial charge in [-0.15, -0.1) is 0 Å². The van der Waals surface area contributed by atoms with Crippen molar-refractivity contribution in [2.45, 2.75) is 27.3 Å². The third-order valence-corrected chi connectivity index (χ3v) is 3.67. The fraction of sp³-hybridized carbons (Fsp3) is 0.389. The summed E-state index contributed by atoms with van der Waals surface area (Å²) in [4.78, 5) is 6.99. The number of aryl methyl sites for hydroxylation is 2. The molecule has 21 heavy (non-hydrogen) atoms. The van der Waals surface area contributed by atoms with Crippen LogP contribution in [0, 0.1) is 13.8 Å². The minimum absolute atomic E-state index is 0.910. The molecule has 0 saturated heterocycles. The van der Waals surface area contributed by atoms with Crippen LogP contribution in [-0.4, -0.2) is 29.5 Å². The van der Waals surface area contributed by atoms with Gasteiger partial charge in [0.25, 0.3) is 0 Å². The minimum Gasteiger partial charge on any atom is -0.384 e. The van der Waals surface area contributed by atoms with Gasteiger partial charge >= 0.3 is 0 Å². The van der Waals surface area contributed by atoms with Crippen molar-refractivity contribution in [1.29, 1.82) is 0 Å². The molecule has 2 aromatic rings. The monoisotopic (exact) mass is 283 g/mol. The van der Waals surface area contributed by atoms with Crippen molar-refractivity contribution in [3.8, 4) is 0 Å². The largest absolute Gasteiger partial charge is 0.384 e. The van der Waals surface area contributed by atoms with Crippen LogP contribution in [0.15, 0.2) is 42.5 Å². The summed E-state index contributed by atoms with van der Waals surface area (Å²) in [5.41, 5.74) is 4.75. The Kier molecular flexibility index (Phi) is 5.76. The smallest absolute Gasteiger partial charge is 0.0547 e. The predicted molar refractivity (Wildman–Crippen MR) is 89.6 cm³/mol. The Balaban J connectivity index is 1.84. The summed E-state index contributed by atoms with van der Waals surface area (Å²) < 4.78 is 0. The van der Waals surface area contributed by atoms with Crippen LogP contribution in [0.4, 0.5) is 5.69 Å². The van der Waals surface area contributed by atoms with Gasteiger partial charge in [0, 0.05) is 31.0 Å². The van der Waals surface area contributed by atoms with Gasteiger partial charge in [-0.25, -0.2) is 0 Å². The van der Waals surface area contributed by atoms with Gasteiger partial charge in [-0.2, -0.15) is 0 Å². The Morgan fingerprint density at radius 3 is 2.57 bits per heavy atom. The fourth-order valence-electron chi connectivity index (χ4n) is 2.39. The molecule has 112 valence electrons. The lowest BCUT2D eigenvalue weighted by atomic mass is 10.2. The minimum atomic E-state index is 0.910. The van der Waals surface area contributed by atoms with Gasteiger partial charge < -0.3 is 5.32 Å². The van der Waals surface area contributed by atoms with Gasteiger partial charge in [-0.3, -0.25) is 9.88 Å². The zero-order valence-electron chi connectivity index (χ0n) is 13.3. The maximum atomic E-state index is 4.58. The van der Waals surface area contributed by atoms with E-state index in [4.69, 9.17) is 0 Å². The van der Waals surface area contributed by atoms with Crippen molar-refractivity contribution < 1.29 is 0 Å². The highest BCUT2D eigenvalue weighted by Crippen LogP contribution is 2.12. The highest BCUT2D eigenvalue weighted by Gasteiger charge is 2.05. The zero-order valence-corrected chi connectivity index (χ0v) is 13.3. The van der Waals surface area contributed by atoms with E-state index in [1.807, 2.05) is 13.0 Å². The molecule has 3 nitrogen and oxygen atoms in total. The molecule has 0 aliphatic rings. The van der Waals surface area contributed by atoms with Gasteiger partial charge in [-0.1, -0.05) is 31.2 Å². The van der Waals surface area contributed by atoms with E-state index in [1.54, 1.807) is 0 Å². The summed E-state index contributed by atoms with van der Waals surface area (Å²) in [6.07, 6.45) is 0. The second-order valence-corrected chi connectivity index (χ2v) is 5.38. The number of para-hydroxylation sites is 1. The van der Waals surface area contributed by atoms with Crippen molar-refractivity contribution in [3.05, 3.63) is 59.4 Å². The number of nitrogens with one attached hydrogen (secondary N) is 1. The number of hydrogen-bond acceptors (Lipinski definition) is 3. The Labute approximate surface area is 128 Å². The predicted octanol–water partition coefficient (Wildman–Crippen LogP) is 3.63. The normalized spacial score (nSPS) is 10.9. The number of benzene rings is 1. The van der Waals surface area contributed by atoms with Gasteiger partial charge in [0.15, 0.2) is 0 Å². The first kappa shape index (κ1) is 15.5. The maximum Gasteiger partial charge on any atom is 0.0547 e.